The normalized spacial score (nSPS) is 13.7. The lowest BCUT2D eigenvalue weighted by Crippen LogP contribution is -2.04. The quantitative estimate of drug-likeness (QED) is 0.489. The van der Waals surface area contributed by atoms with Crippen molar-refractivity contribution in [2.45, 2.75) is 26.9 Å². The minimum Gasteiger partial charge on any atom is -0.463 e. The van der Waals surface area contributed by atoms with Gasteiger partial charge in [0.15, 0.2) is 0 Å². The highest BCUT2D eigenvalue weighted by atomic mass is 35.5. The minimum absolute atomic E-state index is 0.244. The standard InChI is InChI=1S/C17H21ClO3/c1-4-21-16(19)10-7-14(11-12(2)3)17(20)13-5-8-15(18)9-6-13/h5-12,17,20H,4H2,1-3H3/b10-7+,14-11+. The van der Waals surface area contributed by atoms with Gasteiger partial charge in [-0.05, 0) is 42.2 Å². The number of allylic oxidation sites excluding steroid dienone is 1. The van der Waals surface area contributed by atoms with E-state index in [1.165, 1.54) is 6.08 Å². The van der Waals surface area contributed by atoms with E-state index in [4.69, 9.17) is 16.3 Å². The first kappa shape index (κ1) is 17.5. The maximum Gasteiger partial charge on any atom is 0.330 e. The van der Waals surface area contributed by atoms with Crippen LogP contribution >= 0.6 is 11.6 Å². The molecule has 1 unspecified atom stereocenters. The van der Waals surface area contributed by atoms with E-state index in [2.05, 4.69) is 0 Å². The van der Waals surface area contributed by atoms with E-state index in [9.17, 15) is 9.90 Å². The number of aliphatic hydroxyl groups excluding tert-OH is 1. The zero-order chi connectivity index (χ0) is 15.8. The molecule has 1 rings (SSSR count). The van der Waals surface area contributed by atoms with Crippen LogP contribution in [0.15, 0.2) is 48.1 Å². The van der Waals surface area contributed by atoms with Crippen LogP contribution in [-0.4, -0.2) is 17.7 Å². The van der Waals surface area contributed by atoms with E-state index in [0.29, 0.717) is 17.2 Å². The molecule has 0 amide bonds. The van der Waals surface area contributed by atoms with Gasteiger partial charge in [0.25, 0.3) is 0 Å². The number of hydrogen-bond donors (Lipinski definition) is 1. The number of carbonyl (C=O) groups is 1. The first-order valence-corrected chi connectivity index (χ1v) is 7.32. The fourth-order valence-corrected chi connectivity index (χ4v) is 1.94. The molecule has 114 valence electrons. The highest BCUT2D eigenvalue weighted by Crippen LogP contribution is 2.25. The summed E-state index contributed by atoms with van der Waals surface area (Å²) in [6.45, 7) is 6.09. The summed E-state index contributed by atoms with van der Waals surface area (Å²) in [6.07, 6.45) is 4.03. The first-order valence-electron chi connectivity index (χ1n) is 6.94. The van der Waals surface area contributed by atoms with Crippen molar-refractivity contribution < 1.29 is 14.6 Å². The molecule has 0 aliphatic carbocycles. The number of rotatable bonds is 6. The number of aliphatic hydroxyl groups is 1. The molecule has 4 heteroatoms. The highest BCUT2D eigenvalue weighted by Gasteiger charge is 2.12. The van der Waals surface area contributed by atoms with Crippen LogP contribution in [0.4, 0.5) is 0 Å². The molecule has 0 saturated carbocycles. The van der Waals surface area contributed by atoms with Gasteiger partial charge in [-0.3, -0.25) is 0 Å². The highest BCUT2D eigenvalue weighted by molar-refractivity contribution is 6.30. The van der Waals surface area contributed by atoms with E-state index in [0.717, 1.165) is 5.56 Å². The summed E-state index contributed by atoms with van der Waals surface area (Å²) in [6, 6.07) is 6.98. The van der Waals surface area contributed by atoms with E-state index < -0.39 is 12.1 Å². The van der Waals surface area contributed by atoms with Gasteiger partial charge in [-0.2, -0.15) is 0 Å². The summed E-state index contributed by atoms with van der Waals surface area (Å²) in [5.41, 5.74) is 1.38. The molecule has 0 fully saturated rings. The number of ether oxygens (including phenoxy) is 1. The lowest BCUT2D eigenvalue weighted by Gasteiger charge is -2.14. The Morgan fingerprint density at radius 1 is 1.29 bits per heavy atom. The second kappa shape index (κ2) is 8.65. The molecule has 0 aliphatic heterocycles. The summed E-state index contributed by atoms with van der Waals surface area (Å²) in [4.78, 5) is 11.4. The van der Waals surface area contributed by atoms with Gasteiger partial charge in [0, 0.05) is 11.1 Å². The third kappa shape index (κ3) is 6.15. The zero-order valence-electron chi connectivity index (χ0n) is 12.5. The second-order valence-corrected chi connectivity index (χ2v) is 5.39. The van der Waals surface area contributed by atoms with Gasteiger partial charge in [-0.1, -0.05) is 43.7 Å². The van der Waals surface area contributed by atoms with E-state index in [-0.39, 0.29) is 5.92 Å². The van der Waals surface area contributed by atoms with Gasteiger partial charge < -0.3 is 9.84 Å². The monoisotopic (exact) mass is 308 g/mol. The van der Waals surface area contributed by atoms with Crippen LogP contribution in [0.1, 0.15) is 32.4 Å². The molecule has 0 heterocycles. The average molecular weight is 309 g/mol. The fraction of sp³-hybridized carbons (Fsp3) is 0.353. The topological polar surface area (TPSA) is 46.5 Å². The van der Waals surface area contributed by atoms with E-state index in [1.807, 2.05) is 19.9 Å². The number of halogens is 1. The molecular formula is C17H21ClO3. The van der Waals surface area contributed by atoms with Crippen molar-refractivity contribution in [2.75, 3.05) is 6.61 Å². The fourth-order valence-electron chi connectivity index (χ4n) is 1.81. The van der Waals surface area contributed by atoms with E-state index >= 15 is 0 Å². The number of hydrogen-bond acceptors (Lipinski definition) is 3. The molecule has 0 aromatic heterocycles. The Morgan fingerprint density at radius 3 is 2.43 bits per heavy atom. The van der Waals surface area contributed by atoms with Gasteiger partial charge in [0.1, 0.15) is 6.10 Å². The Hall–Kier alpha value is -1.58. The van der Waals surface area contributed by atoms with Crippen molar-refractivity contribution in [1.29, 1.82) is 0 Å². The molecule has 1 aromatic carbocycles. The van der Waals surface area contributed by atoms with Crippen molar-refractivity contribution in [3.63, 3.8) is 0 Å². The van der Waals surface area contributed by atoms with Gasteiger partial charge in [-0.25, -0.2) is 4.79 Å². The Balaban J connectivity index is 2.97. The van der Waals surface area contributed by atoms with Crippen LogP contribution in [0, 0.1) is 5.92 Å². The summed E-state index contributed by atoms with van der Waals surface area (Å²) < 4.78 is 4.85. The average Bonchev–Trinajstić information content (AvgIpc) is 2.43. The summed E-state index contributed by atoms with van der Waals surface area (Å²) in [7, 11) is 0. The smallest absolute Gasteiger partial charge is 0.330 e. The zero-order valence-corrected chi connectivity index (χ0v) is 13.3. The van der Waals surface area contributed by atoms with Crippen LogP contribution < -0.4 is 0 Å². The van der Waals surface area contributed by atoms with Crippen molar-refractivity contribution >= 4 is 17.6 Å². The van der Waals surface area contributed by atoms with Gasteiger partial charge in [0.2, 0.25) is 0 Å². The van der Waals surface area contributed by atoms with Crippen LogP contribution in [0.2, 0.25) is 5.02 Å². The van der Waals surface area contributed by atoms with Crippen LogP contribution in [0.3, 0.4) is 0 Å². The predicted octanol–water partition coefficient (Wildman–Crippen LogP) is 4.08. The number of benzene rings is 1. The summed E-state index contributed by atoms with van der Waals surface area (Å²) >= 11 is 5.85. The Bertz CT molecular complexity index is 515. The molecule has 3 nitrogen and oxygen atoms in total. The first-order chi connectivity index (χ1) is 9.93. The lowest BCUT2D eigenvalue weighted by molar-refractivity contribution is -0.137. The third-order valence-corrected chi connectivity index (χ3v) is 2.98. The Kier molecular flexibility index (Phi) is 7.20. The van der Waals surface area contributed by atoms with E-state index in [1.54, 1.807) is 37.3 Å². The molecule has 1 aromatic rings. The van der Waals surface area contributed by atoms with Crippen LogP contribution in [0.25, 0.3) is 0 Å². The second-order valence-electron chi connectivity index (χ2n) is 4.95. The molecule has 1 atom stereocenters. The molecular weight excluding hydrogens is 288 g/mol. The van der Waals surface area contributed by atoms with Crippen molar-refractivity contribution in [2.24, 2.45) is 5.92 Å². The predicted molar refractivity (Wildman–Crippen MR) is 85.1 cm³/mol. The maximum atomic E-state index is 11.4. The number of esters is 1. The third-order valence-electron chi connectivity index (χ3n) is 2.73. The molecule has 0 radical (unpaired) electrons. The van der Waals surface area contributed by atoms with Gasteiger partial charge in [-0.15, -0.1) is 0 Å². The summed E-state index contributed by atoms with van der Waals surface area (Å²) in [5.74, 6) is -0.177. The van der Waals surface area contributed by atoms with Gasteiger partial charge >= 0.3 is 5.97 Å². The largest absolute Gasteiger partial charge is 0.463 e. The molecule has 0 saturated heterocycles. The minimum atomic E-state index is -0.810. The lowest BCUT2D eigenvalue weighted by atomic mass is 9.98. The SMILES string of the molecule is CCOC(=O)/C=C/C(=C\C(C)C)C(O)c1ccc(Cl)cc1. The van der Waals surface area contributed by atoms with Gasteiger partial charge in [0.05, 0.1) is 6.61 Å². The van der Waals surface area contributed by atoms with Crippen LogP contribution in [-0.2, 0) is 9.53 Å². The number of carbonyl (C=O) groups excluding carboxylic acids is 1. The van der Waals surface area contributed by atoms with Crippen molar-refractivity contribution in [3.8, 4) is 0 Å². The van der Waals surface area contributed by atoms with Crippen molar-refractivity contribution in [1.82, 2.24) is 0 Å². The molecule has 0 spiro atoms. The molecule has 1 N–H and O–H groups in total. The summed E-state index contributed by atoms with van der Waals surface area (Å²) in [5, 5.41) is 11.1. The molecule has 0 bridgehead atoms. The molecule has 0 aliphatic rings. The van der Waals surface area contributed by atoms with Crippen molar-refractivity contribution in [3.05, 3.63) is 58.7 Å². The Morgan fingerprint density at radius 2 is 1.90 bits per heavy atom. The molecule has 21 heavy (non-hydrogen) atoms. The Labute approximate surface area is 130 Å². The maximum absolute atomic E-state index is 11.4. The van der Waals surface area contributed by atoms with Crippen LogP contribution in [0.5, 0.6) is 0 Å².